The summed E-state index contributed by atoms with van der Waals surface area (Å²) in [7, 11) is 0. The lowest BCUT2D eigenvalue weighted by Gasteiger charge is -2.15. The SMILES string of the molecule is CC(C)C[C@@H](N)C(=O)NCCC1CCCO1. The van der Waals surface area contributed by atoms with E-state index >= 15 is 0 Å². The van der Waals surface area contributed by atoms with Crippen molar-refractivity contribution in [3.05, 3.63) is 0 Å². The minimum atomic E-state index is -0.371. The first-order chi connectivity index (χ1) is 7.59. The lowest BCUT2D eigenvalue weighted by molar-refractivity contribution is -0.122. The lowest BCUT2D eigenvalue weighted by Crippen LogP contribution is -2.42. The Morgan fingerprint density at radius 3 is 2.88 bits per heavy atom. The molecule has 0 aliphatic carbocycles. The minimum absolute atomic E-state index is 0.0355. The third-order valence-electron chi connectivity index (χ3n) is 2.85. The highest BCUT2D eigenvalue weighted by atomic mass is 16.5. The molecule has 1 saturated heterocycles. The van der Waals surface area contributed by atoms with E-state index in [0.29, 0.717) is 18.6 Å². The first-order valence-electron chi connectivity index (χ1n) is 6.24. The Bertz CT molecular complexity index is 213. The van der Waals surface area contributed by atoms with Crippen molar-refractivity contribution in [1.82, 2.24) is 5.32 Å². The number of rotatable bonds is 6. The summed E-state index contributed by atoms with van der Waals surface area (Å²) in [6, 6.07) is -0.371. The molecule has 0 aromatic rings. The highest BCUT2D eigenvalue weighted by Crippen LogP contribution is 2.14. The normalized spacial score (nSPS) is 22.4. The molecule has 4 nitrogen and oxygen atoms in total. The van der Waals surface area contributed by atoms with Gasteiger partial charge in [-0.2, -0.15) is 0 Å². The van der Waals surface area contributed by atoms with E-state index in [4.69, 9.17) is 10.5 Å². The van der Waals surface area contributed by atoms with Gasteiger partial charge >= 0.3 is 0 Å². The fraction of sp³-hybridized carbons (Fsp3) is 0.917. The zero-order chi connectivity index (χ0) is 12.0. The molecule has 1 fully saturated rings. The molecule has 1 unspecified atom stereocenters. The van der Waals surface area contributed by atoms with Gasteiger partial charge in [-0.1, -0.05) is 13.8 Å². The number of carbonyl (C=O) groups is 1. The van der Waals surface area contributed by atoms with Crippen LogP contribution in [0.2, 0.25) is 0 Å². The Hall–Kier alpha value is -0.610. The Morgan fingerprint density at radius 1 is 1.56 bits per heavy atom. The third-order valence-corrected chi connectivity index (χ3v) is 2.85. The van der Waals surface area contributed by atoms with Crippen LogP contribution in [0.5, 0.6) is 0 Å². The minimum Gasteiger partial charge on any atom is -0.378 e. The molecule has 0 aromatic heterocycles. The molecule has 2 atom stereocenters. The van der Waals surface area contributed by atoms with E-state index in [9.17, 15) is 4.79 Å². The van der Waals surface area contributed by atoms with Gasteiger partial charge in [0.1, 0.15) is 0 Å². The summed E-state index contributed by atoms with van der Waals surface area (Å²) in [5, 5.41) is 2.87. The van der Waals surface area contributed by atoms with Gasteiger partial charge in [0.15, 0.2) is 0 Å². The molecule has 1 rings (SSSR count). The topological polar surface area (TPSA) is 64.4 Å². The predicted octanol–water partition coefficient (Wildman–Crippen LogP) is 1.05. The van der Waals surface area contributed by atoms with Crippen molar-refractivity contribution >= 4 is 5.91 Å². The molecule has 94 valence electrons. The number of nitrogens with two attached hydrogens (primary N) is 1. The number of hydrogen-bond acceptors (Lipinski definition) is 3. The number of carbonyl (C=O) groups excluding carboxylic acids is 1. The van der Waals surface area contributed by atoms with Crippen LogP contribution in [0.25, 0.3) is 0 Å². The van der Waals surface area contributed by atoms with Gasteiger partial charge in [0.25, 0.3) is 0 Å². The van der Waals surface area contributed by atoms with Crippen LogP contribution in [0.1, 0.15) is 39.5 Å². The number of hydrogen-bond donors (Lipinski definition) is 2. The summed E-state index contributed by atoms with van der Waals surface area (Å²) in [6.45, 7) is 5.68. The smallest absolute Gasteiger partial charge is 0.236 e. The van der Waals surface area contributed by atoms with Crippen LogP contribution in [-0.4, -0.2) is 31.2 Å². The summed E-state index contributed by atoms with van der Waals surface area (Å²) < 4.78 is 5.48. The molecule has 1 aliphatic rings. The van der Waals surface area contributed by atoms with Gasteiger partial charge in [-0.05, 0) is 31.6 Å². The zero-order valence-corrected chi connectivity index (χ0v) is 10.4. The average Bonchev–Trinajstić information content (AvgIpc) is 2.69. The van der Waals surface area contributed by atoms with E-state index in [2.05, 4.69) is 19.2 Å². The fourth-order valence-electron chi connectivity index (χ4n) is 1.97. The number of amides is 1. The van der Waals surface area contributed by atoms with Crippen molar-refractivity contribution in [1.29, 1.82) is 0 Å². The highest BCUT2D eigenvalue weighted by Gasteiger charge is 2.17. The number of nitrogens with one attached hydrogen (secondary N) is 1. The third kappa shape index (κ3) is 4.94. The first kappa shape index (κ1) is 13.5. The molecule has 0 aromatic carbocycles. The van der Waals surface area contributed by atoms with Crippen LogP contribution in [0.3, 0.4) is 0 Å². The first-order valence-corrected chi connectivity index (χ1v) is 6.24. The fourth-order valence-corrected chi connectivity index (χ4v) is 1.97. The van der Waals surface area contributed by atoms with Crippen molar-refractivity contribution in [2.24, 2.45) is 11.7 Å². The lowest BCUT2D eigenvalue weighted by atomic mass is 10.0. The van der Waals surface area contributed by atoms with Crippen molar-refractivity contribution in [2.45, 2.75) is 51.7 Å². The van der Waals surface area contributed by atoms with Crippen LogP contribution in [0, 0.1) is 5.92 Å². The van der Waals surface area contributed by atoms with Gasteiger partial charge < -0.3 is 15.8 Å². The molecule has 16 heavy (non-hydrogen) atoms. The molecule has 0 spiro atoms. The predicted molar refractivity (Wildman–Crippen MR) is 64.0 cm³/mol. The van der Waals surface area contributed by atoms with Crippen molar-refractivity contribution in [3.8, 4) is 0 Å². The summed E-state index contributed by atoms with van der Waals surface area (Å²) in [5.41, 5.74) is 5.77. The molecule has 3 N–H and O–H groups in total. The van der Waals surface area contributed by atoms with Gasteiger partial charge in [-0.3, -0.25) is 4.79 Å². The second kappa shape index (κ2) is 6.86. The van der Waals surface area contributed by atoms with E-state index in [0.717, 1.165) is 32.3 Å². The maximum Gasteiger partial charge on any atom is 0.236 e. The van der Waals surface area contributed by atoms with E-state index in [-0.39, 0.29) is 11.9 Å². The van der Waals surface area contributed by atoms with Crippen LogP contribution in [0.15, 0.2) is 0 Å². The molecular formula is C12H24N2O2. The molecule has 1 aliphatic heterocycles. The van der Waals surface area contributed by atoms with E-state index < -0.39 is 0 Å². The van der Waals surface area contributed by atoms with E-state index in [1.807, 2.05) is 0 Å². The van der Waals surface area contributed by atoms with E-state index in [1.165, 1.54) is 0 Å². The van der Waals surface area contributed by atoms with Crippen LogP contribution < -0.4 is 11.1 Å². The van der Waals surface area contributed by atoms with Crippen LogP contribution in [-0.2, 0) is 9.53 Å². The Morgan fingerprint density at radius 2 is 2.31 bits per heavy atom. The second-order valence-corrected chi connectivity index (χ2v) is 4.95. The van der Waals surface area contributed by atoms with Gasteiger partial charge in [-0.15, -0.1) is 0 Å². The van der Waals surface area contributed by atoms with Crippen molar-refractivity contribution in [3.63, 3.8) is 0 Å². The molecule has 1 amide bonds. The van der Waals surface area contributed by atoms with E-state index in [1.54, 1.807) is 0 Å². The quantitative estimate of drug-likeness (QED) is 0.714. The average molecular weight is 228 g/mol. The largest absolute Gasteiger partial charge is 0.378 e. The molecular weight excluding hydrogens is 204 g/mol. The molecule has 0 saturated carbocycles. The second-order valence-electron chi connectivity index (χ2n) is 4.95. The Labute approximate surface area is 97.9 Å². The summed E-state index contributed by atoms with van der Waals surface area (Å²) in [6.07, 6.45) is 4.24. The van der Waals surface area contributed by atoms with Crippen molar-refractivity contribution in [2.75, 3.05) is 13.2 Å². The maximum absolute atomic E-state index is 11.6. The summed E-state index contributed by atoms with van der Waals surface area (Å²) >= 11 is 0. The monoisotopic (exact) mass is 228 g/mol. The van der Waals surface area contributed by atoms with Gasteiger partial charge in [0.05, 0.1) is 12.1 Å². The number of ether oxygens (including phenoxy) is 1. The zero-order valence-electron chi connectivity index (χ0n) is 10.4. The molecule has 1 heterocycles. The Balaban J connectivity index is 2.09. The maximum atomic E-state index is 11.6. The van der Waals surface area contributed by atoms with Crippen molar-refractivity contribution < 1.29 is 9.53 Å². The van der Waals surface area contributed by atoms with Gasteiger partial charge in [0.2, 0.25) is 5.91 Å². The summed E-state index contributed by atoms with van der Waals surface area (Å²) in [5.74, 6) is 0.422. The van der Waals surface area contributed by atoms with Crippen LogP contribution in [0.4, 0.5) is 0 Å². The standard InChI is InChI=1S/C12H24N2O2/c1-9(2)8-11(13)12(15)14-6-5-10-4-3-7-16-10/h9-11H,3-8,13H2,1-2H3,(H,14,15)/t10?,11-/m1/s1. The van der Waals surface area contributed by atoms with Crippen LogP contribution >= 0.6 is 0 Å². The molecule has 0 radical (unpaired) electrons. The summed E-state index contributed by atoms with van der Waals surface area (Å²) in [4.78, 5) is 11.6. The molecule has 0 bridgehead atoms. The van der Waals surface area contributed by atoms with Gasteiger partial charge in [-0.25, -0.2) is 0 Å². The Kier molecular flexibility index (Phi) is 5.77. The molecule has 4 heteroatoms. The highest BCUT2D eigenvalue weighted by molar-refractivity contribution is 5.81. The van der Waals surface area contributed by atoms with Gasteiger partial charge in [0, 0.05) is 13.2 Å².